The first-order chi connectivity index (χ1) is 56.0. The molecule has 11 aromatic heterocycles. The van der Waals surface area contributed by atoms with Crippen molar-refractivity contribution in [2.45, 2.75) is 140 Å². The van der Waals surface area contributed by atoms with Gasteiger partial charge in [-0.15, -0.1) is 0 Å². The van der Waals surface area contributed by atoms with E-state index in [1.54, 1.807) is 71.4 Å². The van der Waals surface area contributed by atoms with Gasteiger partial charge < -0.3 is 56.9 Å². The SMILES string of the molecule is [2H]C(C)(C)N1c2cccnc2N(c2c(C)ccc3c2oc2ncccc23)C1C.[2H]C([2H])([2H])C([2H])(C)N1c2ccccc2N(c2c(C)ccc3c2oc2ncccc23)C1C.[2H]C([2H])([2H])C([2H])(C)N1c2cccnc2N(c2c(C)ccc3c2oc2ncccc23)C1C.[2H]C([2H])([2H])N1c2cccnc2N(c2c(C)ccc3c2oc2ncccc23)C1C. The van der Waals surface area contributed by atoms with Gasteiger partial charge in [0.05, 0.1) is 55.3 Å². The summed E-state index contributed by atoms with van der Waals surface area (Å²) in [6, 6.07) is 46.1. The van der Waals surface area contributed by atoms with Crippen molar-refractivity contribution in [2.24, 2.45) is 0 Å². The molecule has 0 aliphatic carbocycles. The monoisotopic (exact) mass is 1420 g/mol. The van der Waals surface area contributed by atoms with Gasteiger partial charge in [0.1, 0.15) is 24.7 Å². The minimum atomic E-state index is -2.52. The number of furan rings is 4. The molecule has 5 aromatic carbocycles. The Morgan fingerprint density at radius 3 is 0.972 bits per heavy atom. The van der Waals surface area contributed by atoms with E-state index >= 15 is 0 Å². The first-order valence-electron chi connectivity index (χ1n) is 41.4. The summed E-state index contributed by atoms with van der Waals surface area (Å²) in [5.74, 6) is 2.05. The molecule has 4 aliphatic rings. The highest BCUT2D eigenvalue weighted by atomic mass is 16.4. The maximum atomic E-state index is 8.80. The van der Waals surface area contributed by atoms with Crippen molar-refractivity contribution in [1.82, 2.24) is 34.9 Å². The number of hydrogen-bond acceptors (Lipinski definition) is 19. The van der Waals surface area contributed by atoms with E-state index in [0.29, 0.717) is 68.3 Å². The van der Waals surface area contributed by atoms with Gasteiger partial charge in [0.25, 0.3) is 0 Å². The highest BCUT2D eigenvalue weighted by Gasteiger charge is 2.42. The second-order valence-electron chi connectivity index (χ2n) is 27.4. The zero-order valence-corrected chi connectivity index (χ0v) is 60.7. The van der Waals surface area contributed by atoms with Gasteiger partial charge >= 0.3 is 0 Å². The lowest BCUT2D eigenvalue weighted by Crippen LogP contribution is -2.42. The molecule has 0 amide bonds. The number of aromatic nitrogens is 7. The number of rotatable bonds is 7. The largest absolute Gasteiger partial charge is 0.435 e. The van der Waals surface area contributed by atoms with Crippen molar-refractivity contribution in [3.05, 3.63) is 223 Å². The molecule has 6 unspecified atom stereocenters. The minimum absolute atomic E-state index is 0.0807. The van der Waals surface area contributed by atoms with Crippen LogP contribution in [-0.2, 0) is 0 Å². The van der Waals surface area contributed by atoms with Crippen LogP contribution in [0, 0.1) is 27.7 Å². The van der Waals surface area contributed by atoms with E-state index in [9.17, 15) is 0 Å². The molecule has 0 spiro atoms. The van der Waals surface area contributed by atoms with Gasteiger partial charge in [-0.2, -0.15) is 0 Å². The van der Waals surface area contributed by atoms with Gasteiger partial charge in [0.2, 0.25) is 22.9 Å². The summed E-state index contributed by atoms with van der Waals surface area (Å²) >= 11 is 0. The summed E-state index contributed by atoms with van der Waals surface area (Å²) in [4.78, 5) is 46.2. The van der Waals surface area contributed by atoms with Gasteiger partial charge in [-0.25, -0.2) is 34.9 Å². The molecule has 106 heavy (non-hydrogen) atoms. The topological polar surface area (TPSA) is 169 Å². The Labute approximate surface area is 632 Å². The standard InChI is InChI=1S/C23H23N3O.2C22H22N4O.C20H18N4O/c1-14(2)25-16(4)26(20-10-6-5-9-19(20)25)21-15(3)11-12-17-18-8-7-13-24-23(18)27-22(17)21;2*1-13(2)25-15(4)26(21-18(25)8-6-11-23-21)19-14(3)9-10-16-17-7-5-12-24-22(17)27-20(16)19;1-12-8-9-14-15-6-4-11-22-20(15)25-18(14)17(12)24-13(2)23(3)16-7-5-10-21-19(16)24/h5-14,16H,1-4H3;2*5-13,15H,1-4H3;4-11,13H,1-3H3/i1D3,14D;1D3,13D;13D;3D3. The third-order valence-corrected chi connectivity index (χ3v) is 20.7. The molecule has 16 aromatic rings. The molecule has 0 saturated heterocycles. The Morgan fingerprint density at radius 1 is 0.311 bits per heavy atom. The van der Waals surface area contributed by atoms with E-state index in [0.717, 1.165) is 111 Å². The number of anilines is 12. The van der Waals surface area contributed by atoms with Crippen molar-refractivity contribution < 1.29 is 34.1 Å². The minimum Gasteiger partial charge on any atom is -0.435 e. The molecule has 20 rings (SSSR count). The Kier molecular flexibility index (Phi) is 13.4. The van der Waals surface area contributed by atoms with E-state index in [4.69, 9.17) is 34.1 Å². The van der Waals surface area contributed by atoms with Gasteiger partial charge in [-0.05, 0) is 216 Å². The summed E-state index contributed by atoms with van der Waals surface area (Å²) in [5, 5.41) is 7.65. The average Bonchev–Trinajstić information content (AvgIpc) is 1.57. The number of fused-ring (bicyclic) bond motifs is 16. The molecule has 15 heterocycles. The number of hydrogen-bond donors (Lipinski definition) is 0. The first-order valence-corrected chi connectivity index (χ1v) is 35.4. The van der Waals surface area contributed by atoms with Gasteiger partial charge in [-0.3, -0.25) is 0 Å². The van der Waals surface area contributed by atoms with Crippen molar-refractivity contribution >= 4 is 157 Å². The van der Waals surface area contributed by atoms with E-state index in [2.05, 4.69) is 75.6 Å². The zero-order chi connectivity index (χ0) is 83.5. The quantitative estimate of drug-likeness (QED) is 0.148. The van der Waals surface area contributed by atoms with Gasteiger partial charge in [0.15, 0.2) is 39.8 Å². The van der Waals surface area contributed by atoms with Crippen molar-refractivity contribution in [3.8, 4) is 0 Å². The maximum absolute atomic E-state index is 8.80. The summed E-state index contributed by atoms with van der Waals surface area (Å²) in [7, 11) is 0. The third kappa shape index (κ3) is 10.5. The maximum Gasteiger partial charge on any atom is 0.227 e. The number of para-hydroxylation sites is 2. The molecule has 4 aliphatic heterocycles. The zero-order valence-electron chi connectivity index (χ0n) is 72.7. The van der Waals surface area contributed by atoms with E-state index in [-0.39, 0.29) is 6.17 Å². The van der Waals surface area contributed by atoms with Crippen LogP contribution in [0.1, 0.15) is 108 Å². The lowest BCUT2D eigenvalue weighted by Gasteiger charge is -2.33. The molecule has 0 radical (unpaired) electrons. The van der Waals surface area contributed by atoms with Crippen LogP contribution in [-0.4, -0.2) is 84.6 Å². The Bertz CT molecular complexity index is 6240. The van der Waals surface area contributed by atoms with Crippen molar-refractivity contribution in [1.29, 1.82) is 0 Å². The van der Waals surface area contributed by atoms with Crippen LogP contribution >= 0.6 is 0 Å². The molecule has 19 nitrogen and oxygen atoms in total. The van der Waals surface area contributed by atoms with Crippen LogP contribution in [0.4, 0.5) is 68.6 Å². The molecule has 0 fully saturated rings. The van der Waals surface area contributed by atoms with Gasteiger partial charge in [-0.1, -0.05) is 60.7 Å². The fourth-order valence-electron chi connectivity index (χ4n) is 16.1. The third-order valence-electron chi connectivity index (χ3n) is 20.7. The van der Waals surface area contributed by atoms with Crippen molar-refractivity contribution in [3.63, 3.8) is 0 Å². The predicted octanol–water partition coefficient (Wildman–Crippen LogP) is 21.4. The number of pyridine rings is 7. The smallest absolute Gasteiger partial charge is 0.227 e. The normalized spacial score (nSPS) is 20.0. The highest BCUT2D eigenvalue weighted by Crippen LogP contribution is 2.53. The van der Waals surface area contributed by atoms with E-state index in [1.165, 1.54) is 18.7 Å². The molecule has 0 N–H and O–H groups in total. The second kappa shape index (κ2) is 26.2. The van der Waals surface area contributed by atoms with E-state index < -0.39 is 57.2 Å². The average molecular weight is 1420 g/mol. The Hall–Kier alpha value is -12.3. The van der Waals surface area contributed by atoms with Gasteiger partial charge in [0, 0.05) is 124 Å². The summed E-state index contributed by atoms with van der Waals surface area (Å²) in [6.45, 7) is 15.2. The molecule has 19 heteroatoms. The molecule has 6 atom stereocenters. The predicted molar refractivity (Wildman–Crippen MR) is 432 cm³/mol. The summed E-state index contributed by atoms with van der Waals surface area (Å²) < 4.78 is 123. The molecule has 0 bridgehead atoms. The first kappa shape index (κ1) is 54.4. The van der Waals surface area contributed by atoms with E-state index in [1.807, 2.05) is 193 Å². The van der Waals surface area contributed by atoms with Crippen molar-refractivity contribution in [2.75, 3.05) is 46.2 Å². The molecular weight excluding hydrogens is 1320 g/mol. The summed E-state index contributed by atoms with van der Waals surface area (Å²) in [6.07, 6.45) is 10.6. The number of nitrogens with zero attached hydrogens (tertiary/aromatic N) is 15. The number of aryl methyl sites for hydroxylation is 4. The lowest BCUT2D eigenvalue weighted by molar-refractivity contribution is 0.601. The molecule has 0 saturated carbocycles. The highest BCUT2D eigenvalue weighted by molar-refractivity contribution is 6.13. The second-order valence-corrected chi connectivity index (χ2v) is 27.4. The molecule has 532 valence electrons. The Morgan fingerprint density at radius 2 is 0.604 bits per heavy atom. The number of benzene rings is 5. The van der Waals surface area contributed by atoms with Crippen LogP contribution in [0.3, 0.4) is 0 Å². The van der Waals surface area contributed by atoms with Crippen LogP contribution in [0.15, 0.2) is 219 Å². The fourth-order valence-corrected chi connectivity index (χ4v) is 16.1. The van der Waals surface area contributed by atoms with Crippen LogP contribution < -0.4 is 39.2 Å². The van der Waals surface area contributed by atoms with Crippen LogP contribution in [0.5, 0.6) is 0 Å². The Balaban J connectivity index is 0.000000113. The lowest BCUT2D eigenvalue weighted by atomic mass is 10.1. The molecular formula is C87H85N15O4. The van der Waals surface area contributed by atoms with Crippen LogP contribution in [0.25, 0.3) is 88.3 Å². The fraction of sp³-hybridized carbons (Fsp3) is 0.253. The summed E-state index contributed by atoms with van der Waals surface area (Å²) in [5.41, 5.74) is 16.4. The van der Waals surface area contributed by atoms with Crippen LogP contribution in [0.2, 0.25) is 0 Å².